The van der Waals surface area contributed by atoms with Crippen molar-refractivity contribution in [1.29, 1.82) is 0 Å². The van der Waals surface area contributed by atoms with Gasteiger partial charge in [0.1, 0.15) is 0 Å². The maximum absolute atomic E-state index is 3.44. The van der Waals surface area contributed by atoms with E-state index in [9.17, 15) is 0 Å². The minimum atomic E-state index is 0.837. The van der Waals surface area contributed by atoms with Gasteiger partial charge in [0, 0.05) is 12.6 Å². The molecule has 0 saturated carbocycles. The highest BCUT2D eigenvalue weighted by Crippen LogP contribution is 2.22. The molecule has 2 rings (SSSR count). The topological polar surface area (TPSA) is 15.3 Å². The summed E-state index contributed by atoms with van der Waals surface area (Å²) in [6.07, 6.45) is 1.41. The molecule has 52 valence electrons. The molecular formula is C7H14N2. The Hall–Kier alpha value is -0.0800. The molecule has 1 N–H and O–H groups in total. The highest BCUT2D eigenvalue weighted by Gasteiger charge is 2.33. The van der Waals surface area contributed by atoms with Crippen LogP contribution < -0.4 is 5.32 Å². The van der Waals surface area contributed by atoms with Crippen molar-refractivity contribution in [2.75, 3.05) is 26.7 Å². The maximum Gasteiger partial charge on any atom is 0.0235 e. The van der Waals surface area contributed by atoms with Crippen LogP contribution in [0.1, 0.15) is 6.42 Å². The smallest absolute Gasteiger partial charge is 0.0235 e. The van der Waals surface area contributed by atoms with Gasteiger partial charge in [0.15, 0.2) is 0 Å². The number of rotatable bonds is 0. The van der Waals surface area contributed by atoms with Crippen molar-refractivity contribution in [3.05, 3.63) is 0 Å². The lowest BCUT2D eigenvalue weighted by atomic mass is 9.85. The highest BCUT2D eigenvalue weighted by atomic mass is 15.2. The van der Waals surface area contributed by atoms with Gasteiger partial charge in [-0.05, 0) is 32.5 Å². The molecule has 2 atom stereocenters. The molecule has 9 heavy (non-hydrogen) atoms. The Morgan fingerprint density at radius 2 is 2.44 bits per heavy atom. The first-order valence-corrected chi connectivity index (χ1v) is 3.78. The Morgan fingerprint density at radius 1 is 1.56 bits per heavy atom. The van der Waals surface area contributed by atoms with Crippen LogP contribution in [0.5, 0.6) is 0 Å². The van der Waals surface area contributed by atoms with E-state index in [-0.39, 0.29) is 0 Å². The number of fused-ring (bicyclic) bond motifs is 1. The number of likely N-dealkylation sites (N-methyl/N-ethyl adjacent to an activating group) is 1. The van der Waals surface area contributed by atoms with Crippen LogP contribution in [0.15, 0.2) is 0 Å². The maximum atomic E-state index is 3.44. The first-order valence-electron chi connectivity index (χ1n) is 3.78. The second-order valence-electron chi connectivity index (χ2n) is 3.33. The Kier molecular flexibility index (Phi) is 1.24. The van der Waals surface area contributed by atoms with Crippen molar-refractivity contribution >= 4 is 0 Å². The van der Waals surface area contributed by atoms with E-state index in [1.807, 2.05) is 0 Å². The fourth-order valence-corrected chi connectivity index (χ4v) is 1.78. The van der Waals surface area contributed by atoms with Gasteiger partial charge in [0.05, 0.1) is 0 Å². The zero-order chi connectivity index (χ0) is 6.27. The Bertz CT molecular complexity index is 113. The molecule has 2 nitrogen and oxygen atoms in total. The molecule has 0 radical (unpaired) electrons. The number of piperidine rings is 1. The molecule has 2 aliphatic heterocycles. The SMILES string of the molecule is CN1CC[C@@H]2CN[C@@H]2C1. The van der Waals surface area contributed by atoms with Gasteiger partial charge in [-0.1, -0.05) is 0 Å². The number of nitrogens with one attached hydrogen (secondary N) is 1. The van der Waals surface area contributed by atoms with Crippen molar-refractivity contribution in [3.8, 4) is 0 Å². The van der Waals surface area contributed by atoms with Gasteiger partial charge in [0.25, 0.3) is 0 Å². The average molecular weight is 126 g/mol. The second-order valence-corrected chi connectivity index (χ2v) is 3.33. The van der Waals surface area contributed by atoms with Crippen molar-refractivity contribution in [1.82, 2.24) is 10.2 Å². The normalized spacial score (nSPS) is 43.7. The van der Waals surface area contributed by atoms with E-state index in [0.717, 1.165) is 12.0 Å². The van der Waals surface area contributed by atoms with Crippen molar-refractivity contribution in [2.24, 2.45) is 5.92 Å². The molecule has 0 spiro atoms. The van der Waals surface area contributed by atoms with Gasteiger partial charge in [0.2, 0.25) is 0 Å². The van der Waals surface area contributed by atoms with E-state index >= 15 is 0 Å². The third kappa shape index (κ3) is 0.864. The summed E-state index contributed by atoms with van der Waals surface area (Å²) in [5, 5.41) is 3.44. The lowest BCUT2D eigenvalue weighted by Crippen LogP contribution is -2.61. The van der Waals surface area contributed by atoms with E-state index in [0.29, 0.717) is 0 Å². The monoisotopic (exact) mass is 126 g/mol. The quantitative estimate of drug-likeness (QED) is 0.488. The summed E-state index contributed by atoms with van der Waals surface area (Å²) in [5.74, 6) is 1.01. The van der Waals surface area contributed by atoms with Crippen LogP contribution in [0, 0.1) is 5.92 Å². The molecule has 0 unspecified atom stereocenters. The summed E-state index contributed by atoms with van der Waals surface area (Å²) in [6.45, 7) is 3.85. The Morgan fingerprint density at radius 3 is 2.89 bits per heavy atom. The van der Waals surface area contributed by atoms with Gasteiger partial charge < -0.3 is 10.2 Å². The van der Waals surface area contributed by atoms with E-state index in [1.54, 1.807) is 0 Å². The molecule has 0 amide bonds. The molecular weight excluding hydrogens is 112 g/mol. The van der Waals surface area contributed by atoms with Gasteiger partial charge in [-0.3, -0.25) is 0 Å². The van der Waals surface area contributed by atoms with Crippen molar-refractivity contribution in [2.45, 2.75) is 12.5 Å². The van der Waals surface area contributed by atoms with Crippen LogP contribution in [0.2, 0.25) is 0 Å². The molecule has 2 heteroatoms. The summed E-state index contributed by atoms with van der Waals surface area (Å²) in [6, 6.07) is 0.837. The molecule has 2 aliphatic rings. The molecule has 0 aromatic carbocycles. The third-order valence-corrected chi connectivity index (χ3v) is 2.60. The lowest BCUT2D eigenvalue weighted by molar-refractivity contribution is 0.103. The minimum Gasteiger partial charge on any atom is -0.312 e. The average Bonchev–Trinajstić information content (AvgIpc) is 1.78. The van der Waals surface area contributed by atoms with Gasteiger partial charge in [-0.2, -0.15) is 0 Å². The van der Waals surface area contributed by atoms with Crippen LogP contribution in [0.4, 0.5) is 0 Å². The summed E-state index contributed by atoms with van der Waals surface area (Å²) in [4.78, 5) is 2.41. The van der Waals surface area contributed by atoms with Gasteiger partial charge in [-0.25, -0.2) is 0 Å². The molecule has 0 aromatic heterocycles. The number of hydrogen-bond donors (Lipinski definition) is 1. The number of likely N-dealkylation sites (tertiary alicyclic amines) is 1. The number of hydrogen-bond acceptors (Lipinski definition) is 2. The summed E-state index contributed by atoms with van der Waals surface area (Å²) >= 11 is 0. The zero-order valence-electron chi connectivity index (χ0n) is 5.93. The number of nitrogens with zero attached hydrogens (tertiary/aromatic N) is 1. The molecule has 2 saturated heterocycles. The van der Waals surface area contributed by atoms with Crippen LogP contribution in [0.25, 0.3) is 0 Å². The van der Waals surface area contributed by atoms with E-state index in [1.165, 1.54) is 26.1 Å². The fraction of sp³-hybridized carbons (Fsp3) is 1.00. The van der Waals surface area contributed by atoms with Crippen molar-refractivity contribution < 1.29 is 0 Å². The van der Waals surface area contributed by atoms with E-state index in [2.05, 4.69) is 17.3 Å². The van der Waals surface area contributed by atoms with Crippen LogP contribution in [-0.4, -0.2) is 37.6 Å². The summed E-state index contributed by atoms with van der Waals surface area (Å²) in [7, 11) is 2.20. The van der Waals surface area contributed by atoms with Crippen molar-refractivity contribution in [3.63, 3.8) is 0 Å². The highest BCUT2D eigenvalue weighted by molar-refractivity contribution is 4.93. The third-order valence-electron chi connectivity index (χ3n) is 2.60. The Labute approximate surface area is 56.2 Å². The standard InChI is InChI=1S/C7H14N2/c1-9-3-2-6-4-8-7(6)5-9/h6-8H,2-5H2,1H3/t6-,7-/m1/s1. The predicted molar refractivity (Wildman–Crippen MR) is 37.4 cm³/mol. The first-order chi connectivity index (χ1) is 4.36. The molecule has 0 bridgehead atoms. The lowest BCUT2D eigenvalue weighted by Gasteiger charge is -2.45. The summed E-state index contributed by atoms with van der Waals surface area (Å²) < 4.78 is 0. The van der Waals surface area contributed by atoms with Crippen LogP contribution >= 0.6 is 0 Å². The predicted octanol–water partition coefficient (Wildman–Crippen LogP) is -0.0901. The minimum absolute atomic E-state index is 0.837. The molecule has 0 aromatic rings. The van der Waals surface area contributed by atoms with E-state index in [4.69, 9.17) is 0 Å². The van der Waals surface area contributed by atoms with E-state index < -0.39 is 0 Å². The van der Waals surface area contributed by atoms with Crippen LogP contribution in [0.3, 0.4) is 0 Å². The largest absolute Gasteiger partial charge is 0.312 e. The fourth-order valence-electron chi connectivity index (χ4n) is 1.78. The second kappa shape index (κ2) is 1.96. The van der Waals surface area contributed by atoms with Gasteiger partial charge in [-0.15, -0.1) is 0 Å². The van der Waals surface area contributed by atoms with Crippen LogP contribution in [-0.2, 0) is 0 Å². The molecule has 2 fully saturated rings. The molecule has 2 heterocycles. The molecule has 0 aliphatic carbocycles. The Balaban J connectivity index is 1.92. The summed E-state index contributed by atoms with van der Waals surface area (Å²) in [5.41, 5.74) is 0. The van der Waals surface area contributed by atoms with Gasteiger partial charge >= 0.3 is 0 Å². The zero-order valence-corrected chi connectivity index (χ0v) is 5.93. The first kappa shape index (κ1) is 5.69.